The summed E-state index contributed by atoms with van der Waals surface area (Å²) in [5.74, 6) is 0. The number of aliphatic hydroxyl groups is 1. The van der Waals surface area contributed by atoms with Gasteiger partial charge in [-0.3, -0.25) is 9.78 Å². The number of hydrogen-bond donors (Lipinski definition) is 2. The van der Waals surface area contributed by atoms with Crippen molar-refractivity contribution in [2.24, 2.45) is 0 Å². The first kappa shape index (κ1) is 10.8. The van der Waals surface area contributed by atoms with Gasteiger partial charge in [0.05, 0.1) is 6.61 Å². The maximum absolute atomic E-state index is 11.4. The molecule has 2 unspecified atom stereocenters. The summed E-state index contributed by atoms with van der Waals surface area (Å²) in [4.78, 5) is 24.7. The van der Waals surface area contributed by atoms with Crippen LogP contribution >= 0.6 is 0 Å². The van der Waals surface area contributed by atoms with Gasteiger partial charge in [0, 0.05) is 0 Å². The quantitative estimate of drug-likeness (QED) is 0.609. The SMILES string of the molecule is Cc1nn(C2C=CC(CO)O2)c(=O)[nH]c1=O. The first-order valence-electron chi connectivity index (χ1n) is 4.76. The highest BCUT2D eigenvalue weighted by atomic mass is 16.5. The Balaban J connectivity index is 2.36. The van der Waals surface area contributed by atoms with Crippen LogP contribution in [0, 0.1) is 6.92 Å². The number of aromatic nitrogens is 3. The molecule has 1 aromatic rings. The van der Waals surface area contributed by atoms with Gasteiger partial charge in [0.15, 0.2) is 6.23 Å². The molecule has 0 fully saturated rings. The third kappa shape index (κ3) is 1.82. The maximum Gasteiger partial charge on any atom is 0.347 e. The van der Waals surface area contributed by atoms with Crippen molar-refractivity contribution in [2.75, 3.05) is 6.61 Å². The number of nitrogens with one attached hydrogen (secondary N) is 1. The van der Waals surface area contributed by atoms with Gasteiger partial charge in [-0.25, -0.2) is 4.79 Å². The summed E-state index contributed by atoms with van der Waals surface area (Å²) in [6.07, 6.45) is 2.12. The molecular formula is C9H11N3O4. The fraction of sp³-hybridized carbons (Fsp3) is 0.444. The Hall–Kier alpha value is -1.73. The molecule has 1 aromatic heterocycles. The van der Waals surface area contributed by atoms with E-state index >= 15 is 0 Å². The Morgan fingerprint density at radius 3 is 2.94 bits per heavy atom. The average molecular weight is 225 g/mol. The normalized spacial score (nSPS) is 23.9. The smallest absolute Gasteiger partial charge is 0.347 e. The molecule has 7 heteroatoms. The molecule has 2 N–H and O–H groups in total. The number of aliphatic hydroxyl groups excluding tert-OH is 1. The molecule has 0 radical (unpaired) electrons. The fourth-order valence-electron chi connectivity index (χ4n) is 1.40. The Morgan fingerprint density at radius 2 is 2.31 bits per heavy atom. The third-order valence-electron chi connectivity index (χ3n) is 2.24. The zero-order valence-corrected chi connectivity index (χ0v) is 8.58. The predicted octanol–water partition coefficient (Wildman–Crippen LogP) is -1.31. The lowest BCUT2D eigenvalue weighted by Crippen LogP contribution is -2.36. The zero-order chi connectivity index (χ0) is 11.7. The second-order valence-electron chi connectivity index (χ2n) is 3.42. The molecule has 1 aliphatic rings. The van der Waals surface area contributed by atoms with Gasteiger partial charge in [0.1, 0.15) is 11.8 Å². The first-order chi connectivity index (χ1) is 7.61. The van der Waals surface area contributed by atoms with Crippen LogP contribution < -0.4 is 11.2 Å². The lowest BCUT2D eigenvalue weighted by Gasteiger charge is -2.13. The molecule has 86 valence electrons. The van der Waals surface area contributed by atoms with Gasteiger partial charge in [-0.2, -0.15) is 9.78 Å². The lowest BCUT2D eigenvalue weighted by molar-refractivity contribution is -0.0173. The van der Waals surface area contributed by atoms with Crippen molar-refractivity contribution in [2.45, 2.75) is 19.3 Å². The molecule has 0 saturated carbocycles. The maximum atomic E-state index is 11.4. The molecule has 0 aromatic carbocycles. The van der Waals surface area contributed by atoms with Crippen LogP contribution in [0.4, 0.5) is 0 Å². The van der Waals surface area contributed by atoms with Gasteiger partial charge < -0.3 is 9.84 Å². The minimum absolute atomic E-state index is 0.163. The van der Waals surface area contributed by atoms with Crippen molar-refractivity contribution < 1.29 is 9.84 Å². The molecule has 0 bridgehead atoms. The van der Waals surface area contributed by atoms with Crippen LogP contribution in [0.2, 0.25) is 0 Å². The van der Waals surface area contributed by atoms with Crippen LogP contribution in [0.5, 0.6) is 0 Å². The van der Waals surface area contributed by atoms with E-state index in [9.17, 15) is 9.59 Å². The van der Waals surface area contributed by atoms with Crippen LogP contribution in [0.3, 0.4) is 0 Å². The van der Waals surface area contributed by atoms with E-state index in [-0.39, 0.29) is 12.3 Å². The minimum Gasteiger partial charge on any atom is -0.393 e. The van der Waals surface area contributed by atoms with Gasteiger partial charge in [-0.05, 0) is 13.0 Å². The average Bonchev–Trinajstić information content (AvgIpc) is 2.71. The molecule has 0 spiro atoms. The van der Waals surface area contributed by atoms with Crippen LogP contribution in [-0.2, 0) is 4.74 Å². The van der Waals surface area contributed by atoms with Crippen molar-refractivity contribution in [3.63, 3.8) is 0 Å². The number of H-pyrrole nitrogens is 1. The third-order valence-corrected chi connectivity index (χ3v) is 2.24. The minimum atomic E-state index is -0.680. The number of ether oxygens (including phenoxy) is 1. The van der Waals surface area contributed by atoms with Crippen LogP contribution in [-0.4, -0.2) is 32.6 Å². The fourth-order valence-corrected chi connectivity index (χ4v) is 1.40. The van der Waals surface area contributed by atoms with Crippen molar-refractivity contribution in [3.8, 4) is 0 Å². The van der Waals surface area contributed by atoms with E-state index < -0.39 is 23.6 Å². The number of aromatic amines is 1. The Morgan fingerprint density at radius 1 is 1.56 bits per heavy atom. The van der Waals surface area contributed by atoms with Gasteiger partial charge in [-0.15, -0.1) is 0 Å². The monoisotopic (exact) mass is 225 g/mol. The molecular weight excluding hydrogens is 214 g/mol. The number of nitrogens with zero attached hydrogens (tertiary/aromatic N) is 2. The van der Waals surface area contributed by atoms with Gasteiger partial charge in [0.25, 0.3) is 5.56 Å². The summed E-state index contributed by atoms with van der Waals surface area (Å²) in [6.45, 7) is 1.33. The van der Waals surface area contributed by atoms with Gasteiger partial charge in [0.2, 0.25) is 0 Å². The Kier molecular flexibility index (Phi) is 2.71. The van der Waals surface area contributed by atoms with Crippen LogP contribution in [0.25, 0.3) is 0 Å². The molecule has 1 aliphatic heterocycles. The van der Waals surface area contributed by atoms with Crippen molar-refractivity contribution >= 4 is 0 Å². The molecule has 0 aliphatic carbocycles. The summed E-state index contributed by atoms with van der Waals surface area (Å²) >= 11 is 0. The van der Waals surface area contributed by atoms with Gasteiger partial charge in [-0.1, -0.05) is 6.08 Å². The highest BCUT2D eigenvalue weighted by Gasteiger charge is 2.22. The van der Waals surface area contributed by atoms with Crippen molar-refractivity contribution in [1.29, 1.82) is 0 Å². The summed E-state index contributed by atoms with van der Waals surface area (Å²) in [5.41, 5.74) is -0.963. The van der Waals surface area contributed by atoms with Crippen molar-refractivity contribution in [3.05, 3.63) is 38.7 Å². The largest absolute Gasteiger partial charge is 0.393 e. The second kappa shape index (κ2) is 4.03. The van der Waals surface area contributed by atoms with E-state index in [0.29, 0.717) is 0 Å². The van der Waals surface area contributed by atoms with E-state index in [1.54, 1.807) is 12.2 Å². The van der Waals surface area contributed by atoms with Crippen LogP contribution in [0.1, 0.15) is 11.9 Å². The summed E-state index contributed by atoms with van der Waals surface area (Å²) in [6, 6.07) is 0. The molecule has 2 heterocycles. The highest BCUT2D eigenvalue weighted by molar-refractivity contribution is 5.00. The molecule has 2 atom stereocenters. The number of aryl methyl sites for hydroxylation is 1. The van der Waals surface area contributed by atoms with Gasteiger partial charge >= 0.3 is 5.69 Å². The van der Waals surface area contributed by atoms with E-state index in [1.165, 1.54) is 6.92 Å². The topological polar surface area (TPSA) is 97.2 Å². The van der Waals surface area contributed by atoms with E-state index in [4.69, 9.17) is 9.84 Å². The summed E-state index contributed by atoms with van der Waals surface area (Å²) in [7, 11) is 0. The number of hydrogen-bond acceptors (Lipinski definition) is 5. The van der Waals surface area contributed by atoms with E-state index in [0.717, 1.165) is 4.68 Å². The Labute approximate surface area is 90.0 Å². The predicted molar refractivity (Wildman–Crippen MR) is 54.0 cm³/mol. The summed E-state index contributed by atoms with van der Waals surface area (Å²) in [5, 5.41) is 12.7. The van der Waals surface area contributed by atoms with Crippen LogP contribution in [0.15, 0.2) is 21.7 Å². The van der Waals surface area contributed by atoms with Crippen molar-refractivity contribution in [1.82, 2.24) is 14.8 Å². The molecule has 0 amide bonds. The van der Waals surface area contributed by atoms with E-state index in [1.807, 2.05) is 0 Å². The second-order valence-corrected chi connectivity index (χ2v) is 3.42. The Bertz CT molecular complexity index is 530. The summed E-state index contributed by atoms with van der Waals surface area (Å²) < 4.78 is 6.32. The standard InChI is InChI=1S/C9H11N3O4/c1-5-8(14)10-9(15)12(11-5)7-3-2-6(4-13)16-7/h2-3,6-7,13H,4H2,1H3,(H,10,14,15). The zero-order valence-electron chi connectivity index (χ0n) is 8.58. The first-order valence-corrected chi connectivity index (χ1v) is 4.76. The molecule has 2 rings (SSSR count). The molecule has 7 nitrogen and oxygen atoms in total. The number of rotatable bonds is 2. The highest BCUT2D eigenvalue weighted by Crippen LogP contribution is 2.17. The van der Waals surface area contributed by atoms with E-state index in [2.05, 4.69) is 10.1 Å². The molecule has 16 heavy (non-hydrogen) atoms. The lowest BCUT2D eigenvalue weighted by atomic mass is 10.4. The molecule has 0 saturated heterocycles.